The number of carbonyl (C=O) groups excluding carboxylic acids is 3. The van der Waals surface area contributed by atoms with E-state index in [-0.39, 0.29) is 43.8 Å². The van der Waals surface area contributed by atoms with Crippen LogP contribution in [0.3, 0.4) is 0 Å². The molecule has 10 nitrogen and oxygen atoms in total. The minimum atomic E-state index is -1.92. The van der Waals surface area contributed by atoms with E-state index in [1.807, 2.05) is 91.0 Å². The number of cyclic esters (lactones) is 1. The lowest BCUT2D eigenvalue weighted by Gasteiger charge is -2.38. The maximum absolute atomic E-state index is 14.3. The molecule has 0 unspecified atom stereocenters. The molecule has 0 aliphatic carbocycles. The summed E-state index contributed by atoms with van der Waals surface area (Å²) in [5.74, 6) is -4.17. The number of aliphatic hydroxyl groups is 2. The number of nitrogens with zero attached hydrogens (tertiary/aromatic N) is 1. The van der Waals surface area contributed by atoms with Crippen LogP contribution >= 0.6 is 15.9 Å². The van der Waals surface area contributed by atoms with Gasteiger partial charge in [-0.05, 0) is 58.0 Å². The molecule has 0 spiro atoms. The Morgan fingerprint density at radius 1 is 0.958 bits per heavy atom. The molecule has 2 aliphatic rings. The summed E-state index contributed by atoms with van der Waals surface area (Å²) in [6.07, 6.45) is -0.595. The molecule has 48 heavy (non-hydrogen) atoms. The maximum Gasteiger partial charge on any atom is 0.416 e. The Balaban J connectivity index is 1.25. The molecule has 5 atom stereocenters. The summed E-state index contributed by atoms with van der Waals surface area (Å²) < 4.78 is 23.0. The van der Waals surface area contributed by atoms with Crippen molar-refractivity contribution in [1.82, 2.24) is 4.90 Å². The van der Waals surface area contributed by atoms with Crippen molar-refractivity contribution in [1.29, 1.82) is 0 Å². The third-order valence-corrected chi connectivity index (χ3v) is 9.23. The van der Waals surface area contributed by atoms with Gasteiger partial charge in [-0.1, -0.05) is 91.0 Å². The lowest BCUT2D eigenvalue weighted by Crippen LogP contribution is -2.53. The first-order valence-electron chi connectivity index (χ1n) is 16.0. The van der Waals surface area contributed by atoms with Gasteiger partial charge >= 0.3 is 6.09 Å². The molecule has 0 aromatic heterocycles. The smallest absolute Gasteiger partial charge is 0.416 e. The summed E-state index contributed by atoms with van der Waals surface area (Å²) in [6.45, 7) is 0.501. The molecule has 3 aromatic carbocycles. The second-order valence-electron chi connectivity index (χ2n) is 11.9. The van der Waals surface area contributed by atoms with Crippen LogP contribution in [0.25, 0.3) is 0 Å². The van der Waals surface area contributed by atoms with Gasteiger partial charge in [-0.25, -0.2) is 9.69 Å². The number of ether oxygens (including phenoxy) is 4. The Kier molecular flexibility index (Phi) is 12.7. The van der Waals surface area contributed by atoms with E-state index in [9.17, 15) is 24.6 Å². The highest BCUT2D eigenvalue weighted by molar-refractivity contribution is 9.11. The molecule has 2 N–H and O–H groups in total. The lowest BCUT2D eigenvalue weighted by molar-refractivity contribution is -0.219. The van der Waals surface area contributed by atoms with Gasteiger partial charge in [0.05, 0.1) is 36.3 Å². The van der Waals surface area contributed by atoms with Gasteiger partial charge in [-0.3, -0.25) is 9.59 Å². The number of imide groups is 1. The number of carbonyl (C=O) groups is 3. The van der Waals surface area contributed by atoms with E-state index in [0.717, 1.165) is 21.6 Å². The second-order valence-corrected chi connectivity index (χ2v) is 12.8. The standard InChI is InChI=1S/C37H40BrNO9/c38-33-21-32(41)34(48-37(33,44)17-10-18-45-25-30(22-40)46-23-28-15-8-3-9-16-28)31(20-27-13-6-2-7-14-27)35(42)39-29(24-47-36(39)43)19-26-11-4-1-5-12-26/h1-9,11-16,21,29-31,34,40,44H,10,17-20,22-25H2/t29-,30+,31-,34-,37+/m0/s1. The highest BCUT2D eigenvalue weighted by atomic mass is 79.9. The Labute approximate surface area is 288 Å². The highest BCUT2D eigenvalue weighted by Gasteiger charge is 2.49. The predicted molar refractivity (Wildman–Crippen MR) is 180 cm³/mol. The normalized spacial score (nSPS) is 22.2. The number of hydrogen-bond acceptors (Lipinski definition) is 9. The van der Waals surface area contributed by atoms with Crippen LogP contribution in [0.4, 0.5) is 4.79 Å². The Morgan fingerprint density at radius 2 is 1.58 bits per heavy atom. The van der Waals surface area contributed by atoms with Crippen molar-refractivity contribution < 1.29 is 43.5 Å². The van der Waals surface area contributed by atoms with Gasteiger partial charge in [0.15, 0.2) is 11.6 Å². The second kappa shape index (κ2) is 17.1. The van der Waals surface area contributed by atoms with Gasteiger partial charge in [-0.15, -0.1) is 0 Å². The molecule has 0 saturated carbocycles. The Bertz CT molecular complexity index is 1540. The van der Waals surface area contributed by atoms with Gasteiger partial charge in [0.2, 0.25) is 5.91 Å². The van der Waals surface area contributed by atoms with Crippen molar-refractivity contribution in [3.05, 3.63) is 118 Å². The van der Waals surface area contributed by atoms with Crippen LogP contribution < -0.4 is 0 Å². The highest BCUT2D eigenvalue weighted by Crippen LogP contribution is 2.38. The summed E-state index contributed by atoms with van der Waals surface area (Å²) in [5.41, 5.74) is 2.67. The first-order valence-corrected chi connectivity index (χ1v) is 16.8. The summed E-state index contributed by atoms with van der Waals surface area (Å²) in [4.78, 5) is 41.8. The fraction of sp³-hybridized carbons (Fsp3) is 0.378. The zero-order chi connectivity index (χ0) is 33.9. The molecular formula is C37H40BrNO9. The Hall–Kier alpha value is -3.71. The molecule has 0 radical (unpaired) electrons. The SMILES string of the molecule is O=C1C=C(Br)[C@@](O)(CCCOC[C@@H](CO)OCc2ccccc2)O[C@H]1[C@H](Cc1ccccc1)C(=O)N1C(=O)OC[C@@H]1Cc1ccccc1. The van der Waals surface area contributed by atoms with Crippen LogP contribution in [0.2, 0.25) is 0 Å². The molecule has 1 saturated heterocycles. The molecule has 0 bridgehead atoms. The van der Waals surface area contributed by atoms with Gasteiger partial charge in [0, 0.05) is 13.0 Å². The molecule has 2 aliphatic heterocycles. The average molecular weight is 723 g/mol. The van der Waals surface area contributed by atoms with Crippen LogP contribution in [-0.2, 0) is 48.0 Å². The van der Waals surface area contributed by atoms with E-state index in [4.69, 9.17) is 18.9 Å². The minimum absolute atomic E-state index is 0.0286. The lowest BCUT2D eigenvalue weighted by atomic mass is 9.87. The third-order valence-electron chi connectivity index (χ3n) is 8.38. The van der Waals surface area contributed by atoms with Crippen molar-refractivity contribution in [3.8, 4) is 0 Å². The quantitative estimate of drug-likeness (QED) is 0.201. The number of hydrogen-bond donors (Lipinski definition) is 2. The molecule has 2 amide bonds. The van der Waals surface area contributed by atoms with Gasteiger partial charge in [0.25, 0.3) is 0 Å². The van der Waals surface area contributed by atoms with Crippen LogP contribution in [-0.4, -0.2) is 83.4 Å². The van der Waals surface area contributed by atoms with E-state index in [2.05, 4.69) is 15.9 Å². The van der Waals surface area contributed by atoms with Gasteiger partial charge in [-0.2, -0.15) is 0 Å². The van der Waals surface area contributed by atoms with Crippen LogP contribution in [0.1, 0.15) is 29.5 Å². The summed E-state index contributed by atoms with van der Waals surface area (Å²) in [5, 5.41) is 21.3. The van der Waals surface area contributed by atoms with Crippen LogP contribution in [0, 0.1) is 5.92 Å². The first kappa shape index (κ1) is 35.6. The maximum atomic E-state index is 14.3. The predicted octanol–water partition coefficient (Wildman–Crippen LogP) is 4.75. The number of amides is 2. The van der Waals surface area contributed by atoms with E-state index in [1.165, 1.54) is 6.08 Å². The molecule has 5 rings (SSSR count). The van der Waals surface area contributed by atoms with E-state index >= 15 is 0 Å². The van der Waals surface area contributed by atoms with Crippen molar-refractivity contribution in [2.24, 2.45) is 5.92 Å². The van der Waals surface area contributed by atoms with E-state index in [1.54, 1.807) is 0 Å². The van der Waals surface area contributed by atoms with Gasteiger partial charge < -0.3 is 29.2 Å². The fourth-order valence-electron chi connectivity index (χ4n) is 5.81. The molecule has 3 aromatic rings. The zero-order valence-corrected chi connectivity index (χ0v) is 28.1. The van der Waals surface area contributed by atoms with Crippen molar-refractivity contribution in [2.75, 3.05) is 26.4 Å². The monoisotopic (exact) mass is 721 g/mol. The van der Waals surface area contributed by atoms with Gasteiger partial charge in [0.1, 0.15) is 18.8 Å². The Morgan fingerprint density at radius 3 is 2.23 bits per heavy atom. The van der Waals surface area contributed by atoms with Crippen molar-refractivity contribution in [2.45, 2.75) is 56.3 Å². The topological polar surface area (TPSA) is 132 Å². The third kappa shape index (κ3) is 9.25. The molecule has 254 valence electrons. The largest absolute Gasteiger partial charge is 0.447 e. The summed E-state index contributed by atoms with van der Waals surface area (Å²) in [6, 6.07) is 27.7. The first-order chi connectivity index (χ1) is 23.3. The van der Waals surface area contributed by atoms with E-state index < -0.39 is 47.7 Å². The average Bonchev–Trinajstić information content (AvgIpc) is 3.47. The zero-order valence-electron chi connectivity index (χ0n) is 26.5. The summed E-state index contributed by atoms with van der Waals surface area (Å²) in [7, 11) is 0. The molecule has 11 heteroatoms. The van der Waals surface area contributed by atoms with Crippen molar-refractivity contribution in [3.63, 3.8) is 0 Å². The molecule has 1 fully saturated rings. The van der Waals surface area contributed by atoms with Crippen molar-refractivity contribution >= 4 is 33.7 Å². The molecule has 2 heterocycles. The number of rotatable bonds is 16. The van der Waals surface area contributed by atoms with Crippen LogP contribution in [0.15, 0.2) is 102 Å². The number of benzene rings is 3. The number of halogens is 1. The summed E-state index contributed by atoms with van der Waals surface area (Å²) >= 11 is 3.30. The van der Waals surface area contributed by atoms with E-state index in [0.29, 0.717) is 19.4 Å². The number of aliphatic hydroxyl groups excluding tert-OH is 1. The molecular weight excluding hydrogens is 682 g/mol. The minimum Gasteiger partial charge on any atom is -0.447 e. The number of ketones is 1. The van der Waals surface area contributed by atoms with Crippen LogP contribution in [0.5, 0.6) is 0 Å². The fourth-order valence-corrected chi connectivity index (χ4v) is 6.33.